The highest BCUT2D eigenvalue weighted by Gasteiger charge is 2.27. The van der Waals surface area contributed by atoms with Crippen molar-refractivity contribution in [1.29, 1.82) is 0 Å². The van der Waals surface area contributed by atoms with Gasteiger partial charge < -0.3 is 8.83 Å². The van der Waals surface area contributed by atoms with Gasteiger partial charge >= 0.3 is 0 Å². The monoisotopic (exact) mass is 302 g/mol. The van der Waals surface area contributed by atoms with E-state index in [0.717, 1.165) is 19.6 Å². The predicted octanol–water partition coefficient (Wildman–Crippen LogP) is 2.39. The van der Waals surface area contributed by atoms with E-state index in [0.29, 0.717) is 23.6 Å². The molecule has 0 saturated carbocycles. The fourth-order valence-corrected chi connectivity index (χ4v) is 3.59. The fraction of sp³-hybridized carbons (Fsp3) is 0.625. The Morgan fingerprint density at radius 2 is 2.05 bits per heavy atom. The normalized spacial score (nSPS) is 24.1. The molecule has 0 bridgehead atoms. The summed E-state index contributed by atoms with van der Waals surface area (Å²) in [5.41, 5.74) is 0. The minimum atomic E-state index is 0.466. The van der Waals surface area contributed by atoms with E-state index >= 15 is 0 Å². The second-order valence-electron chi connectivity index (χ2n) is 6.25. The van der Waals surface area contributed by atoms with E-state index in [1.807, 2.05) is 12.1 Å². The summed E-state index contributed by atoms with van der Waals surface area (Å²) in [4.78, 5) is 5.08. The van der Waals surface area contributed by atoms with Gasteiger partial charge in [-0.05, 0) is 57.5 Å². The van der Waals surface area contributed by atoms with Crippen molar-refractivity contribution in [3.8, 4) is 11.7 Å². The largest absolute Gasteiger partial charge is 0.459 e. The molecular formula is C16H22N4O2. The summed E-state index contributed by atoms with van der Waals surface area (Å²) < 4.78 is 11.0. The van der Waals surface area contributed by atoms with E-state index in [9.17, 15) is 0 Å². The number of furan rings is 1. The number of nitrogens with zero attached hydrogens (tertiary/aromatic N) is 4. The lowest BCUT2D eigenvalue weighted by molar-refractivity contribution is 0.104. The Balaban J connectivity index is 1.38. The van der Waals surface area contributed by atoms with Crippen molar-refractivity contribution in [1.82, 2.24) is 20.0 Å². The summed E-state index contributed by atoms with van der Waals surface area (Å²) >= 11 is 0. The fourth-order valence-electron chi connectivity index (χ4n) is 3.59. The molecular weight excluding hydrogens is 280 g/mol. The first-order valence-corrected chi connectivity index (χ1v) is 8.21. The molecule has 1 atom stereocenters. The van der Waals surface area contributed by atoms with Gasteiger partial charge in [0.25, 0.3) is 5.89 Å². The summed E-state index contributed by atoms with van der Waals surface area (Å²) in [6.45, 7) is 5.49. The van der Waals surface area contributed by atoms with E-state index in [-0.39, 0.29) is 0 Å². The van der Waals surface area contributed by atoms with Gasteiger partial charge in [-0.15, -0.1) is 10.2 Å². The van der Waals surface area contributed by atoms with Crippen molar-refractivity contribution in [2.45, 2.75) is 38.3 Å². The molecule has 0 spiro atoms. The maximum absolute atomic E-state index is 5.72. The maximum atomic E-state index is 5.72. The second kappa shape index (κ2) is 6.22. The molecule has 0 radical (unpaired) electrons. The molecule has 0 unspecified atom stereocenters. The number of piperidine rings is 1. The average molecular weight is 302 g/mol. The van der Waals surface area contributed by atoms with Gasteiger partial charge in [0.2, 0.25) is 5.89 Å². The zero-order chi connectivity index (χ0) is 14.8. The molecule has 6 heteroatoms. The summed E-state index contributed by atoms with van der Waals surface area (Å²) in [5.74, 6) is 1.77. The Bertz CT molecular complexity index is 589. The van der Waals surface area contributed by atoms with Crippen LogP contribution in [-0.4, -0.2) is 52.2 Å². The summed E-state index contributed by atoms with van der Waals surface area (Å²) in [5, 5.41) is 8.23. The van der Waals surface area contributed by atoms with Crippen molar-refractivity contribution in [3.05, 3.63) is 24.3 Å². The molecule has 2 aliphatic heterocycles. The van der Waals surface area contributed by atoms with Gasteiger partial charge in [0.05, 0.1) is 12.8 Å². The lowest BCUT2D eigenvalue weighted by atomic mass is 10.0. The minimum Gasteiger partial charge on any atom is -0.459 e. The van der Waals surface area contributed by atoms with E-state index in [4.69, 9.17) is 8.83 Å². The molecule has 4 heterocycles. The minimum absolute atomic E-state index is 0.466. The van der Waals surface area contributed by atoms with Gasteiger partial charge in [-0.2, -0.15) is 0 Å². The van der Waals surface area contributed by atoms with Crippen LogP contribution in [0.1, 0.15) is 31.6 Å². The summed E-state index contributed by atoms with van der Waals surface area (Å²) in [6, 6.07) is 4.36. The Morgan fingerprint density at radius 3 is 2.86 bits per heavy atom. The van der Waals surface area contributed by atoms with Crippen molar-refractivity contribution in [2.75, 3.05) is 26.2 Å². The molecule has 0 aromatic carbocycles. The van der Waals surface area contributed by atoms with Crippen LogP contribution in [-0.2, 0) is 6.54 Å². The summed E-state index contributed by atoms with van der Waals surface area (Å²) in [6.07, 6.45) is 6.89. The number of likely N-dealkylation sites (tertiary alicyclic amines) is 2. The lowest BCUT2D eigenvalue weighted by Crippen LogP contribution is -2.46. The molecule has 22 heavy (non-hydrogen) atoms. The van der Waals surface area contributed by atoms with Crippen molar-refractivity contribution < 1.29 is 8.83 Å². The van der Waals surface area contributed by atoms with Gasteiger partial charge in [0.1, 0.15) is 0 Å². The molecule has 2 aromatic rings. The number of hydrogen-bond donors (Lipinski definition) is 0. The number of rotatable bonds is 4. The first kappa shape index (κ1) is 14.0. The molecule has 2 saturated heterocycles. The molecule has 4 rings (SSSR count). The zero-order valence-corrected chi connectivity index (χ0v) is 12.8. The van der Waals surface area contributed by atoms with Crippen LogP contribution < -0.4 is 0 Å². The Labute approximate surface area is 130 Å². The van der Waals surface area contributed by atoms with Crippen molar-refractivity contribution >= 4 is 0 Å². The Hall–Kier alpha value is -1.66. The van der Waals surface area contributed by atoms with E-state index in [1.165, 1.54) is 38.8 Å². The van der Waals surface area contributed by atoms with Gasteiger partial charge in [0, 0.05) is 12.6 Å². The van der Waals surface area contributed by atoms with Crippen LogP contribution in [0.5, 0.6) is 0 Å². The molecule has 0 N–H and O–H groups in total. The first-order valence-electron chi connectivity index (χ1n) is 8.21. The van der Waals surface area contributed by atoms with Crippen LogP contribution >= 0.6 is 0 Å². The van der Waals surface area contributed by atoms with Crippen LogP contribution in [0.15, 0.2) is 27.2 Å². The predicted molar refractivity (Wildman–Crippen MR) is 81.1 cm³/mol. The zero-order valence-electron chi connectivity index (χ0n) is 12.8. The third kappa shape index (κ3) is 2.94. The topological polar surface area (TPSA) is 58.5 Å². The highest BCUT2D eigenvalue weighted by Crippen LogP contribution is 2.23. The molecule has 6 nitrogen and oxygen atoms in total. The Morgan fingerprint density at radius 1 is 1.14 bits per heavy atom. The number of hydrogen-bond acceptors (Lipinski definition) is 6. The van der Waals surface area contributed by atoms with Gasteiger partial charge in [-0.25, -0.2) is 0 Å². The second-order valence-corrected chi connectivity index (χ2v) is 6.25. The number of aromatic nitrogens is 2. The first-order chi connectivity index (χ1) is 10.9. The quantitative estimate of drug-likeness (QED) is 0.864. The van der Waals surface area contributed by atoms with Crippen molar-refractivity contribution in [2.24, 2.45) is 0 Å². The average Bonchev–Trinajstić information content (AvgIpc) is 3.29. The van der Waals surface area contributed by atoms with Crippen LogP contribution in [0.3, 0.4) is 0 Å². The highest BCUT2D eigenvalue weighted by atomic mass is 16.4. The molecule has 118 valence electrons. The van der Waals surface area contributed by atoms with Crippen LogP contribution in [0.2, 0.25) is 0 Å². The third-order valence-corrected chi connectivity index (χ3v) is 4.70. The van der Waals surface area contributed by atoms with E-state index in [2.05, 4.69) is 20.0 Å². The molecule has 0 amide bonds. The molecule has 0 aliphatic carbocycles. The standard InChI is InChI=1S/C16H22N4O2/c1-2-9-20(8-1)13-5-3-7-19(11-13)12-15-17-18-16(22-15)14-6-4-10-21-14/h4,6,10,13H,1-3,5,7-9,11-12H2/t13-/m1/s1. The van der Waals surface area contributed by atoms with Crippen molar-refractivity contribution in [3.63, 3.8) is 0 Å². The Kier molecular flexibility index (Phi) is 3.95. The van der Waals surface area contributed by atoms with Gasteiger partial charge in [-0.3, -0.25) is 9.80 Å². The van der Waals surface area contributed by atoms with E-state index in [1.54, 1.807) is 6.26 Å². The summed E-state index contributed by atoms with van der Waals surface area (Å²) in [7, 11) is 0. The smallest absolute Gasteiger partial charge is 0.283 e. The molecule has 2 aliphatic rings. The lowest BCUT2D eigenvalue weighted by Gasteiger charge is -2.36. The van der Waals surface area contributed by atoms with Crippen LogP contribution in [0.4, 0.5) is 0 Å². The van der Waals surface area contributed by atoms with E-state index < -0.39 is 0 Å². The molecule has 2 aromatic heterocycles. The third-order valence-electron chi connectivity index (χ3n) is 4.70. The highest BCUT2D eigenvalue weighted by molar-refractivity contribution is 5.42. The van der Waals surface area contributed by atoms with Gasteiger partial charge in [-0.1, -0.05) is 0 Å². The molecule has 2 fully saturated rings. The maximum Gasteiger partial charge on any atom is 0.283 e. The van der Waals surface area contributed by atoms with Crippen LogP contribution in [0, 0.1) is 0 Å². The SMILES string of the molecule is c1coc(-c2nnc(CN3CCC[C@@H](N4CCCC4)C3)o2)c1. The van der Waals surface area contributed by atoms with Gasteiger partial charge in [0.15, 0.2) is 5.76 Å². The van der Waals surface area contributed by atoms with Crippen LogP contribution in [0.25, 0.3) is 11.7 Å².